The first-order valence-electron chi connectivity index (χ1n) is 10.9. The molecule has 32 heavy (non-hydrogen) atoms. The van der Waals surface area contributed by atoms with E-state index in [-0.39, 0.29) is 24.2 Å². The van der Waals surface area contributed by atoms with Gasteiger partial charge in [-0.2, -0.15) is 0 Å². The molecule has 164 valence electrons. The van der Waals surface area contributed by atoms with Crippen LogP contribution in [-0.4, -0.2) is 33.2 Å². The molecular weight excluding hydrogens is 405 g/mol. The number of carbonyl (C=O) groups is 1. The van der Waals surface area contributed by atoms with Gasteiger partial charge in [0.15, 0.2) is 5.69 Å². The summed E-state index contributed by atoms with van der Waals surface area (Å²) in [7, 11) is 0. The molecule has 2 heterocycles. The number of benzene rings is 2. The number of aryl methyl sites for hydroxylation is 1. The number of hydrogen-bond acceptors (Lipinski definition) is 4. The van der Waals surface area contributed by atoms with Crippen molar-refractivity contribution in [2.24, 2.45) is 0 Å². The highest BCUT2D eigenvalue weighted by Crippen LogP contribution is 2.25. The van der Waals surface area contributed by atoms with Gasteiger partial charge < -0.3 is 10.6 Å². The highest BCUT2D eigenvalue weighted by molar-refractivity contribution is 5.92. The Hall–Kier alpha value is -3.61. The summed E-state index contributed by atoms with van der Waals surface area (Å²) in [4.78, 5) is 21.6. The van der Waals surface area contributed by atoms with Crippen molar-refractivity contribution in [2.45, 2.75) is 39.7 Å². The second-order valence-corrected chi connectivity index (χ2v) is 7.92. The van der Waals surface area contributed by atoms with Crippen LogP contribution in [0.2, 0.25) is 0 Å². The molecule has 0 spiro atoms. The zero-order chi connectivity index (χ0) is 22.7. The largest absolute Gasteiger partial charge is 0.355 e. The Labute approximate surface area is 187 Å². The van der Waals surface area contributed by atoms with Crippen LogP contribution in [0, 0.1) is 5.82 Å². The predicted molar refractivity (Wildman–Crippen MR) is 124 cm³/mol. The van der Waals surface area contributed by atoms with Crippen molar-refractivity contribution >= 4 is 29.4 Å². The van der Waals surface area contributed by atoms with E-state index in [0.29, 0.717) is 17.1 Å². The van der Waals surface area contributed by atoms with Crippen molar-refractivity contribution in [1.82, 2.24) is 9.97 Å². The summed E-state index contributed by atoms with van der Waals surface area (Å²) in [5, 5.41) is 6.29. The van der Waals surface area contributed by atoms with E-state index in [1.165, 1.54) is 12.1 Å². The second-order valence-electron chi connectivity index (χ2n) is 7.92. The van der Waals surface area contributed by atoms with Crippen LogP contribution in [0.4, 0.5) is 21.7 Å². The molecule has 0 bridgehead atoms. The van der Waals surface area contributed by atoms with Gasteiger partial charge in [-0.3, -0.25) is 4.79 Å². The molecule has 1 unspecified atom stereocenters. The number of aromatic nitrogens is 2. The first-order valence-corrected chi connectivity index (χ1v) is 10.9. The fraction of sp³-hybridized carbons (Fsp3) is 0.280. The van der Waals surface area contributed by atoms with Gasteiger partial charge in [-0.1, -0.05) is 25.1 Å². The van der Waals surface area contributed by atoms with E-state index in [0.717, 1.165) is 35.6 Å². The number of anilines is 2. The van der Waals surface area contributed by atoms with Gasteiger partial charge in [0, 0.05) is 5.69 Å². The lowest BCUT2D eigenvalue weighted by Gasteiger charge is -2.16. The third-order valence-electron chi connectivity index (χ3n) is 5.50. The van der Waals surface area contributed by atoms with Crippen LogP contribution in [0.5, 0.6) is 0 Å². The van der Waals surface area contributed by atoms with Crippen LogP contribution in [-0.2, 0) is 17.6 Å². The molecule has 2 aromatic carbocycles. The molecule has 2 N–H and O–H groups in total. The third kappa shape index (κ3) is 4.82. The summed E-state index contributed by atoms with van der Waals surface area (Å²) in [6, 6.07) is 12.4. The van der Waals surface area contributed by atoms with Crippen molar-refractivity contribution in [3.63, 3.8) is 0 Å². The molecule has 6 nitrogen and oxygen atoms in total. The van der Waals surface area contributed by atoms with Crippen LogP contribution >= 0.6 is 0 Å². The molecule has 1 aliphatic heterocycles. The van der Waals surface area contributed by atoms with Crippen LogP contribution < -0.4 is 10.6 Å². The average molecular weight is 433 g/mol. The Kier molecular flexibility index (Phi) is 6.25. The van der Waals surface area contributed by atoms with E-state index in [1.54, 1.807) is 6.20 Å². The van der Waals surface area contributed by atoms with Gasteiger partial charge in [0.1, 0.15) is 12.0 Å². The van der Waals surface area contributed by atoms with Gasteiger partial charge in [0.2, 0.25) is 5.91 Å². The minimum absolute atomic E-state index is 0.0336. The number of rotatable bonds is 8. The van der Waals surface area contributed by atoms with Crippen LogP contribution in [0.25, 0.3) is 0 Å². The van der Waals surface area contributed by atoms with Gasteiger partial charge >= 0.3 is 5.82 Å². The zero-order valence-corrected chi connectivity index (χ0v) is 18.5. The molecule has 7 heteroatoms. The maximum absolute atomic E-state index is 13.8. The average Bonchev–Trinajstić information content (AvgIpc) is 2.75. The van der Waals surface area contributed by atoms with Crippen LogP contribution in [0.3, 0.4) is 0 Å². The standard InChI is InChI=1S/C25H26FN5O/c1-4-17-9-18(11-20(26)10-17)12-24(32)29-21-8-6-7-19(13-21)16(3)28-23-14-27-22-15-31(5-2)25(22)30-23/h6-11,13-16H,4-5,12H2,1-3H3,(H,29,32)/p+1. The Morgan fingerprint density at radius 3 is 2.75 bits per heavy atom. The summed E-state index contributed by atoms with van der Waals surface area (Å²) in [5.41, 5.74) is 4.16. The predicted octanol–water partition coefficient (Wildman–Crippen LogP) is 4.63. The number of nitrogens with one attached hydrogen (secondary N) is 2. The topological polar surface area (TPSA) is 69.9 Å². The Morgan fingerprint density at radius 2 is 1.97 bits per heavy atom. The number of carbonyl (C=O) groups excluding carboxylic acids is 1. The first-order chi connectivity index (χ1) is 15.4. The Morgan fingerprint density at radius 1 is 1.16 bits per heavy atom. The van der Waals surface area contributed by atoms with Crippen molar-refractivity contribution in [3.05, 3.63) is 76.9 Å². The van der Waals surface area contributed by atoms with Gasteiger partial charge in [0.05, 0.1) is 25.2 Å². The van der Waals surface area contributed by atoms with E-state index in [4.69, 9.17) is 0 Å². The minimum Gasteiger partial charge on any atom is -0.342 e. The minimum atomic E-state index is -0.312. The number of fused-ring (bicyclic) bond motifs is 1. The molecule has 0 fully saturated rings. The smallest absolute Gasteiger partial charge is 0.342 e. The highest BCUT2D eigenvalue weighted by Gasteiger charge is 2.27. The number of hydrogen-bond donors (Lipinski definition) is 2. The number of nitrogens with zero attached hydrogens (tertiary/aromatic N) is 3. The van der Waals surface area contributed by atoms with E-state index in [2.05, 4.69) is 32.1 Å². The molecule has 3 aromatic rings. The molecule has 1 aliphatic rings. The van der Waals surface area contributed by atoms with E-state index < -0.39 is 0 Å². The maximum atomic E-state index is 13.8. The highest BCUT2D eigenvalue weighted by atomic mass is 19.1. The molecule has 0 saturated carbocycles. The van der Waals surface area contributed by atoms with Crippen LogP contribution in [0.15, 0.2) is 48.7 Å². The lowest BCUT2D eigenvalue weighted by Crippen LogP contribution is -2.22. The monoisotopic (exact) mass is 432 g/mol. The van der Waals surface area contributed by atoms with Crippen molar-refractivity contribution in [1.29, 1.82) is 0 Å². The van der Waals surface area contributed by atoms with Gasteiger partial charge in [-0.15, -0.1) is 0 Å². The van der Waals surface area contributed by atoms with Gasteiger partial charge in [-0.25, -0.2) is 13.9 Å². The Balaban J connectivity index is 1.40. The second kappa shape index (κ2) is 9.26. The molecule has 0 radical (unpaired) electrons. The lowest BCUT2D eigenvalue weighted by molar-refractivity contribution is -0.447. The summed E-state index contributed by atoms with van der Waals surface area (Å²) in [6.07, 6.45) is 4.56. The molecule has 4 rings (SSSR count). The molecule has 1 aromatic heterocycles. The Bertz CT molecular complexity index is 1190. The van der Waals surface area contributed by atoms with E-state index in [9.17, 15) is 9.18 Å². The van der Waals surface area contributed by atoms with Gasteiger partial charge in [-0.05, 0) is 66.2 Å². The fourth-order valence-electron chi connectivity index (χ4n) is 3.75. The number of halogens is 1. The molecule has 0 aliphatic carbocycles. The molecular formula is C25H27FN5O+. The fourth-order valence-corrected chi connectivity index (χ4v) is 3.75. The lowest BCUT2D eigenvalue weighted by atomic mass is 10.1. The quantitative estimate of drug-likeness (QED) is 0.509. The van der Waals surface area contributed by atoms with E-state index in [1.807, 2.05) is 50.4 Å². The van der Waals surface area contributed by atoms with Crippen molar-refractivity contribution in [3.8, 4) is 0 Å². The van der Waals surface area contributed by atoms with Crippen molar-refractivity contribution < 1.29 is 13.8 Å². The summed E-state index contributed by atoms with van der Waals surface area (Å²) in [5.74, 6) is 1.09. The van der Waals surface area contributed by atoms with E-state index >= 15 is 0 Å². The normalized spacial score (nSPS) is 12.9. The zero-order valence-electron chi connectivity index (χ0n) is 18.5. The van der Waals surface area contributed by atoms with Gasteiger partial charge in [0.25, 0.3) is 5.82 Å². The first kappa shape index (κ1) is 21.6. The van der Waals surface area contributed by atoms with Crippen molar-refractivity contribution in [2.75, 3.05) is 17.2 Å². The molecule has 0 saturated heterocycles. The summed E-state index contributed by atoms with van der Waals surface area (Å²) < 4.78 is 15.8. The SMILES string of the molecule is CCc1cc(F)cc(CC(=O)Nc2cccc(C(C)Nc3cnc4c(n3)[N+](CC)=C4)c2)c1. The summed E-state index contributed by atoms with van der Waals surface area (Å²) >= 11 is 0. The maximum Gasteiger partial charge on any atom is 0.355 e. The van der Waals surface area contributed by atoms with Crippen LogP contribution in [0.1, 0.15) is 49.2 Å². The third-order valence-corrected chi connectivity index (χ3v) is 5.50. The summed E-state index contributed by atoms with van der Waals surface area (Å²) in [6.45, 7) is 6.92. The molecule has 1 amide bonds. The number of amides is 1. The molecule has 1 atom stereocenters.